The lowest BCUT2D eigenvalue weighted by Gasteiger charge is -1.97. The molecule has 0 radical (unpaired) electrons. The highest BCUT2D eigenvalue weighted by molar-refractivity contribution is 5.87. The van der Waals surface area contributed by atoms with Gasteiger partial charge in [0.15, 0.2) is 5.69 Å². The predicted octanol–water partition coefficient (Wildman–Crippen LogP) is -0.923. The van der Waals surface area contributed by atoms with Crippen molar-refractivity contribution in [2.24, 2.45) is 5.73 Å². The molecule has 0 aliphatic heterocycles. The van der Waals surface area contributed by atoms with Crippen molar-refractivity contribution in [2.75, 3.05) is 12.0 Å². The Morgan fingerprint density at radius 3 is 3.00 bits per heavy atom. The molecule has 2 amide bonds. The van der Waals surface area contributed by atoms with E-state index in [-0.39, 0.29) is 12.3 Å². The Balaban J connectivity index is 2.67. The van der Waals surface area contributed by atoms with Gasteiger partial charge < -0.3 is 10.5 Å². The van der Waals surface area contributed by atoms with Gasteiger partial charge in [-0.25, -0.2) is 15.0 Å². The molecule has 0 fully saturated rings. The Kier molecular flexibility index (Phi) is 3.00. The lowest BCUT2D eigenvalue weighted by Crippen LogP contribution is -2.28. The fourth-order valence-corrected chi connectivity index (χ4v) is 0.730. The summed E-state index contributed by atoms with van der Waals surface area (Å²) in [4.78, 5) is 22.4. The number of carbonyl (C=O) groups excluding carboxylic acids is 2. The van der Waals surface area contributed by atoms with E-state index < -0.39 is 12.0 Å². The number of primary amides is 1. The first-order valence-corrected chi connectivity index (χ1v) is 3.79. The zero-order valence-electron chi connectivity index (χ0n) is 7.43. The van der Waals surface area contributed by atoms with E-state index >= 15 is 0 Å². The number of nitrogens with two attached hydrogens (primary N) is 1. The average Bonchev–Trinajstić information content (AvgIpc) is 2.52. The molecule has 76 valence electrons. The van der Waals surface area contributed by atoms with Crippen LogP contribution < -0.4 is 11.2 Å². The van der Waals surface area contributed by atoms with Gasteiger partial charge in [0.05, 0.1) is 12.8 Å². The maximum atomic E-state index is 11.1. The molecule has 3 N–H and O–H groups in total. The number of urea groups is 1. The molecule has 0 bridgehead atoms. The van der Waals surface area contributed by atoms with Gasteiger partial charge in [-0.1, -0.05) is 0 Å². The molecule has 0 spiro atoms. The lowest BCUT2D eigenvalue weighted by atomic mass is 10.5. The Hall–Kier alpha value is -2.12. The zero-order chi connectivity index (χ0) is 10.6. The van der Waals surface area contributed by atoms with Crippen molar-refractivity contribution in [3.8, 4) is 0 Å². The van der Waals surface area contributed by atoms with Crippen molar-refractivity contribution in [3.05, 3.63) is 11.9 Å². The predicted molar refractivity (Wildman–Crippen MR) is 44.9 cm³/mol. The van der Waals surface area contributed by atoms with E-state index in [2.05, 4.69) is 20.5 Å². The number of hydrogen-bond donors (Lipinski definition) is 2. The van der Waals surface area contributed by atoms with Gasteiger partial charge in [0.2, 0.25) is 0 Å². The first-order valence-electron chi connectivity index (χ1n) is 3.79. The van der Waals surface area contributed by atoms with Crippen LogP contribution in [0.4, 0.5) is 4.79 Å². The molecule has 14 heavy (non-hydrogen) atoms. The normalized spacial score (nSPS) is 9.50. The van der Waals surface area contributed by atoms with E-state index in [0.717, 1.165) is 4.79 Å². The van der Waals surface area contributed by atoms with Gasteiger partial charge in [-0.2, -0.15) is 4.79 Å². The molecular formula is C6H9N5O3. The second-order valence-electron chi connectivity index (χ2n) is 2.24. The molecule has 0 saturated carbocycles. The van der Waals surface area contributed by atoms with Gasteiger partial charge in [-0.15, -0.1) is 5.10 Å². The van der Waals surface area contributed by atoms with Crippen LogP contribution in [0, 0.1) is 0 Å². The van der Waals surface area contributed by atoms with Crippen LogP contribution in [-0.4, -0.2) is 33.7 Å². The Labute approximate surface area is 79.0 Å². The topological polar surface area (TPSA) is 112 Å². The fourth-order valence-electron chi connectivity index (χ4n) is 0.730. The van der Waals surface area contributed by atoms with Crippen LogP contribution in [0.2, 0.25) is 0 Å². The third-order valence-corrected chi connectivity index (χ3v) is 1.20. The molecule has 0 atom stereocenters. The van der Waals surface area contributed by atoms with Gasteiger partial charge in [0.25, 0.3) is 0 Å². The molecule has 8 heteroatoms. The number of nitrogens with one attached hydrogen (secondary N) is 1. The highest BCUT2D eigenvalue weighted by Crippen LogP contribution is 1.94. The van der Waals surface area contributed by atoms with Crippen molar-refractivity contribution >= 4 is 12.0 Å². The van der Waals surface area contributed by atoms with Crippen molar-refractivity contribution in [1.82, 2.24) is 15.1 Å². The van der Waals surface area contributed by atoms with Gasteiger partial charge in [0.1, 0.15) is 0 Å². The monoisotopic (exact) mass is 199 g/mol. The quantitative estimate of drug-likeness (QED) is 0.611. The summed E-state index contributed by atoms with van der Waals surface area (Å²) in [5, 5.41) is 6.87. The molecule has 1 aromatic rings. The number of amides is 2. The van der Waals surface area contributed by atoms with Crippen LogP contribution >= 0.6 is 0 Å². The van der Waals surface area contributed by atoms with Crippen molar-refractivity contribution in [3.63, 3.8) is 0 Å². The summed E-state index contributed by atoms with van der Waals surface area (Å²) in [5.74, 6) is -0.606. The summed E-state index contributed by atoms with van der Waals surface area (Å²) >= 11 is 0. The van der Waals surface area contributed by atoms with Crippen LogP contribution in [0.5, 0.6) is 0 Å². The van der Waals surface area contributed by atoms with Crippen LogP contribution in [0.1, 0.15) is 17.4 Å². The number of hydrogen-bond acceptors (Lipinski definition) is 5. The molecule has 1 aromatic heterocycles. The average molecular weight is 199 g/mol. The highest BCUT2D eigenvalue weighted by atomic mass is 16.5. The van der Waals surface area contributed by atoms with E-state index in [1.807, 2.05) is 0 Å². The summed E-state index contributed by atoms with van der Waals surface area (Å²) in [6, 6.07) is -0.801. The minimum absolute atomic E-state index is 0.000556. The van der Waals surface area contributed by atoms with E-state index in [0.29, 0.717) is 0 Å². The second kappa shape index (κ2) is 4.21. The SMILES string of the molecule is CCOC(=O)c1cn(NC(N)=O)nn1. The Morgan fingerprint density at radius 2 is 2.43 bits per heavy atom. The standard InChI is InChI=1S/C6H9N5O3/c1-2-14-5(12)4-3-11(10-8-4)9-6(7)13/h3H,2H2,1H3,(H3,7,9,13). The first-order chi connectivity index (χ1) is 6.63. The third kappa shape index (κ3) is 2.44. The molecular weight excluding hydrogens is 190 g/mol. The second-order valence-corrected chi connectivity index (χ2v) is 2.24. The molecule has 8 nitrogen and oxygen atoms in total. The molecule has 0 aromatic carbocycles. The Bertz CT molecular complexity index is 347. The number of carbonyl (C=O) groups is 2. The molecule has 0 aliphatic carbocycles. The van der Waals surface area contributed by atoms with Crippen LogP contribution in [-0.2, 0) is 4.74 Å². The van der Waals surface area contributed by atoms with Crippen molar-refractivity contribution < 1.29 is 14.3 Å². The maximum Gasteiger partial charge on any atom is 0.360 e. The summed E-state index contributed by atoms with van der Waals surface area (Å²) in [6.45, 7) is 1.92. The smallest absolute Gasteiger partial charge is 0.360 e. The van der Waals surface area contributed by atoms with E-state index in [1.54, 1.807) is 6.92 Å². The van der Waals surface area contributed by atoms with Gasteiger partial charge in [0, 0.05) is 0 Å². The van der Waals surface area contributed by atoms with Crippen LogP contribution in [0.3, 0.4) is 0 Å². The van der Waals surface area contributed by atoms with E-state index in [1.165, 1.54) is 6.20 Å². The summed E-state index contributed by atoms with van der Waals surface area (Å²) in [7, 11) is 0. The number of aromatic nitrogens is 3. The zero-order valence-corrected chi connectivity index (χ0v) is 7.43. The highest BCUT2D eigenvalue weighted by Gasteiger charge is 2.11. The number of ether oxygens (including phenoxy) is 1. The summed E-state index contributed by atoms with van der Waals surface area (Å²) < 4.78 is 4.65. The number of rotatable bonds is 3. The van der Waals surface area contributed by atoms with Gasteiger partial charge >= 0.3 is 12.0 Å². The van der Waals surface area contributed by atoms with Gasteiger partial charge in [-0.3, -0.25) is 0 Å². The van der Waals surface area contributed by atoms with E-state index in [9.17, 15) is 9.59 Å². The van der Waals surface area contributed by atoms with Crippen molar-refractivity contribution in [1.29, 1.82) is 0 Å². The van der Waals surface area contributed by atoms with Crippen LogP contribution in [0.25, 0.3) is 0 Å². The molecule has 1 heterocycles. The molecule has 0 saturated heterocycles. The number of nitrogens with zero attached hydrogens (tertiary/aromatic N) is 3. The largest absolute Gasteiger partial charge is 0.461 e. The molecule has 1 rings (SSSR count). The molecule has 0 unspecified atom stereocenters. The van der Waals surface area contributed by atoms with Gasteiger partial charge in [-0.05, 0) is 12.1 Å². The summed E-state index contributed by atoms with van der Waals surface area (Å²) in [6.07, 6.45) is 1.20. The fraction of sp³-hybridized carbons (Fsp3) is 0.333. The van der Waals surface area contributed by atoms with Crippen molar-refractivity contribution in [2.45, 2.75) is 6.92 Å². The summed E-state index contributed by atoms with van der Waals surface area (Å²) in [5.41, 5.74) is 6.91. The first kappa shape index (κ1) is 9.96. The minimum atomic E-state index is -0.801. The van der Waals surface area contributed by atoms with Crippen LogP contribution in [0.15, 0.2) is 6.20 Å². The lowest BCUT2D eigenvalue weighted by molar-refractivity contribution is 0.0519. The maximum absolute atomic E-state index is 11.1. The van der Waals surface area contributed by atoms with E-state index in [4.69, 9.17) is 5.73 Å². The molecule has 0 aliphatic rings. The number of esters is 1. The third-order valence-electron chi connectivity index (χ3n) is 1.20. The minimum Gasteiger partial charge on any atom is -0.461 e. The Morgan fingerprint density at radius 1 is 1.71 bits per heavy atom.